The first kappa shape index (κ1) is 15.9. The molecule has 2 rings (SSSR count). The summed E-state index contributed by atoms with van der Waals surface area (Å²) in [4.78, 5) is 11.7. The van der Waals surface area contributed by atoms with E-state index in [0.717, 1.165) is 16.9 Å². The molecule has 0 atom stereocenters. The monoisotopic (exact) mass is 299 g/mol. The number of aryl methyl sites for hydroxylation is 2. The van der Waals surface area contributed by atoms with Crippen LogP contribution < -0.4 is 14.8 Å². The third-order valence-electron chi connectivity index (χ3n) is 3.19. The average molecular weight is 299 g/mol. The number of ether oxygens (including phenoxy) is 2. The molecule has 0 spiro atoms. The van der Waals surface area contributed by atoms with Crippen LogP contribution in [-0.4, -0.2) is 25.7 Å². The molecule has 0 heterocycles. The lowest BCUT2D eigenvalue weighted by Crippen LogP contribution is -2.32. The number of amides is 1. The summed E-state index contributed by atoms with van der Waals surface area (Å²) in [6, 6.07) is 15.3. The minimum Gasteiger partial charge on any atom is -0.491 e. The van der Waals surface area contributed by atoms with E-state index in [0.29, 0.717) is 18.9 Å². The Morgan fingerprint density at radius 3 is 2.32 bits per heavy atom. The maximum atomic E-state index is 11.7. The molecule has 0 aliphatic rings. The lowest BCUT2D eigenvalue weighted by Gasteiger charge is -2.12. The number of nitrogens with one attached hydrogen (secondary N) is 1. The van der Waals surface area contributed by atoms with Crippen LogP contribution in [0, 0.1) is 13.8 Å². The fraction of sp³-hybridized carbons (Fsp3) is 0.278. The Labute approximate surface area is 131 Å². The third-order valence-corrected chi connectivity index (χ3v) is 3.19. The first-order chi connectivity index (χ1) is 10.7. The number of hydrogen-bond acceptors (Lipinski definition) is 3. The van der Waals surface area contributed by atoms with Gasteiger partial charge in [0, 0.05) is 0 Å². The summed E-state index contributed by atoms with van der Waals surface area (Å²) in [5.74, 6) is 1.41. The van der Waals surface area contributed by atoms with Gasteiger partial charge in [0.15, 0.2) is 6.61 Å². The lowest BCUT2D eigenvalue weighted by atomic mass is 10.1. The Morgan fingerprint density at radius 2 is 1.64 bits per heavy atom. The van der Waals surface area contributed by atoms with Crippen molar-refractivity contribution in [2.24, 2.45) is 0 Å². The van der Waals surface area contributed by atoms with Gasteiger partial charge >= 0.3 is 0 Å². The van der Waals surface area contributed by atoms with Gasteiger partial charge in [0.1, 0.15) is 18.1 Å². The molecule has 0 aromatic heterocycles. The van der Waals surface area contributed by atoms with E-state index in [1.165, 1.54) is 0 Å². The summed E-state index contributed by atoms with van der Waals surface area (Å²) in [6.45, 7) is 4.91. The van der Waals surface area contributed by atoms with Crippen molar-refractivity contribution >= 4 is 5.91 Å². The van der Waals surface area contributed by atoms with E-state index in [2.05, 4.69) is 5.32 Å². The van der Waals surface area contributed by atoms with Gasteiger partial charge in [-0.3, -0.25) is 4.79 Å². The predicted octanol–water partition coefficient (Wildman–Crippen LogP) is 2.88. The second-order valence-corrected chi connectivity index (χ2v) is 5.02. The van der Waals surface area contributed by atoms with Crippen molar-refractivity contribution in [1.82, 2.24) is 5.32 Å². The van der Waals surface area contributed by atoms with E-state index >= 15 is 0 Å². The highest BCUT2D eigenvalue weighted by Crippen LogP contribution is 2.21. The average Bonchev–Trinajstić information content (AvgIpc) is 2.53. The van der Waals surface area contributed by atoms with E-state index in [1.54, 1.807) is 0 Å². The molecule has 0 unspecified atom stereocenters. The number of hydrogen-bond donors (Lipinski definition) is 1. The molecule has 0 aliphatic carbocycles. The van der Waals surface area contributed by atoms with Crippen molar-refractivity contribution in [3.63, 3.8) is 0 Å². The first-order valence-electron chi connectivity index (χ1n) is 7.30. The van der Waals surface area contributed by atoms with Crippen LogP contribution in [0.5, 0.6) is 11.5 Å². The molecule has 2 aromatic rings. The fourth-order valence-corrected chi connectivity index (χ4v) is 2.09. The van der Waals surface area contributed by atoms with Crippen LogP contribution in [0.15, 0.2) is 48.5 Å². The van der Waals surface area contributed by atoms with E-state index < -0.39 is 0 Å². The van der Waals surface area contributed by atoms with Gasteiger partial charge in [-0.2, -0.15) is 0 Å². The van der Waals surface area contributed by atoms with Crippen LogP contribution in [0.25, 0.3) is 0 Å². The van der Waals surface area contributed by atoms with Gasteiger partial charge in [-0.05, 0) is 37.1 Å². The highest BCUT2D eigenvalue weighted by Gasteiger charge is 2.04. The molecular weight excluding hydrogens is 278 g/mol. The van der Waals surface area contributed by atoms with E-state index in [4.69, 9.17) is 9.47 Å². The van der Waals surface area contributed by atoms with E-state index in [-0.39, 0.29) is 12.5 Å². The van der Waals surface area contributed by atoms with Crippen molar-refractivity contribution in [1.29, 1.82) is 0 Å². The van der Waals surface area contributed by atoms with Crippen molar-refractivity contribution in [3.05, 3.63) is 59.7 Å². The summed E-state index contributed by atoms with van der Waals surface area (Å²) < 4.78 is 11.1. The SMILES string of the molecule is Cc1cccc(C)c1OCCNC(=O)COc1ccccc1. The van der Waals surface area contributed by atoms with Crippen LogP contribution >= 0.6 is 0 Å². The Hall–Kier alpha value is -2.49. The van der Waals surface area contributed by atoms with E-state index in [1.807, 2.05) is 62.4 Å². The number of benzene rings is 2. The van der Waals surface area contributed by atoms with E-state index in [9.17, 15) is 4.79 Å². The minimum absolute atomic E-state index is 0.00735. The molecule has 0 fully saturated rings. The Balaban J connectivity index is 1.67. The van der Waals surface area contributed by atoms with Crippen molar-refractivity contribution in [2.75, 3.05) is 19.8 Å². The van der Waals surface area contributed by atoms with Crippen LogP contribution in [-0.2, 0) is 4.79 Å². The number of carbonyl (C=O) groups excluding carboxylic acids is 1. The van der Waals surface area contributed by atoms with Gasteiger partial charge in [0.25, 0.3) is 5.91 Å². The zero-order valence-corrected chi connectivity index (χ0v) is 13.0. The standard InChI is InChI=1S/C18H21NO3/c1-14-7-6-8-15(2)18(14)21-12-11-19-17(20)13-22-16-9-4-3-5-10-16/h3-10H,11-13H2,1-2H3,(H,19,20). The quantitative estimate of drug-likeness (QED) is 0.800. The Morgan fingerprint density at radius 1 is 0.955 bits per heavy atom. The van der Waals surface area contributed by atoms with Crippen LogP contribution in [0.4, 0.5) is 0 Å². The minimum atomic E-state index is -0.158. The zero-order chi connectivity index (χ0) is 15.8. The molecule has 1 N–H and O–H groups in total. The molecule has 0 saturated heterocycles. The molecule has 116 valence electrons. The van der Waals surface area contributed by atoms with Gasteiger partial charge in [0.05, 0.1) is 6.54 Å². The summed E-state index contributed by atoms with van der Waals surface area (Å²) in [6.07, 6.45) is 0. The second kappa shape index (κ2) is 8.08. The van der Waals surface area contributed by atoms with Gasteiger partial charge in [-0.15, -0.1) is 0 Å². The Bertz CT molecular complexity index is 591. The number of rotatable bonds is 7. The van der Waals surface area contributed by atoms with Crippen molar-refractivity contribution in [2.45, 2.75) is 13.8 Å². The highest BCUT2D eigenvalue weighted by atomic mass is 16.5. The molecular formula is C18H21NO3. The normalized spacial score (nSPS) is 10.1. The summed E-state index contributed by atoms with van der Waals surface area (Å²) in [5, 5.41) is 2.77. The fourth-order valence-electron chi connectivity index (χ4n) is 2.09. The van der Waals surface area contributed by atoms with Gasteiger partial charge in [-0.25, -0.2) is 0 Å². The maximum absolute atomic E-state index is 11.7. The first-order valence-corrected chi connectivity index (χ1v) is 7.30. The zero-order valence-electron chi connectivity index (χ0n) is 13.0. The third kappa shape index (κ3) is 4.81. The van der Waals surface area contributed by atoms with Crippen LogP contribution in [0.1, 0.15) is 11.1 Å². The van der Waals surface area contributed by atoms with Gasteiger partial charge in [-0.1, -0.05) is 36.4 Å². The number of para-hydroxylation sites is 2. The maximum Gasteiger partial charge on any atom is 0.258 e. The summed E-state index contributed by atoms with van der Waals surface area (Å²) in [5.41, 5.74) is 2.19. The molecule has 22 heavy (non-hydrogen) atoms. The Kier molecular flexibility index (Phi) is 5.83. The van der Waals surface area contributed by atoms with Crippen molar-refractivity contribution in [3.8, 4) is 11.5 Å². The molecule has 4 heteroatoms. The van der Waals surface area contributed by atoms with Gasteiger partial charge < -0.3 is 14.8 Å². The molecule has 0 radical (unpaired) electrons. The molecule has 4 nitrogen and oxygen atoms in total. The number of carbonyl (C=O) groups is 1. The van der Waals surface area contributed by atoms with Crippen molar-refractivity contribution < 1.29 is 14.3 Å². The summed E-state index contributed by atoms with van der Waals surface area (Å²) in [7, 11) is 0. The second-order valence-electron chi connectivity index (χ2n) is 5.02. The molecule has 0 saturated carbocycles. The molecule has 2 aromatic carbocycles. The molecule has 1 amide bonds. The topological polar surface area (TPSA) is 47.6 Å². The smallest absolute Gasteiger partial charge is 0.258 e. The summed E-state index contributed by atoms with van der Waals surface area (Å²) >= 11 is 0. The van der Waals surface area contributed by atoms with Crippen LogP contribution in [0.2, 0.25) is 0 Å². The molecule has 0 aliphatic heterocycles. The highest BCUT2D eigenvalue weighted by molar-refractivity contribution is 5.77. The lowest BCUT2D eigenvalue weighted by molar-refractivity contribution is -0.123. The molecule has 0 bridgehead atoms. The predicted molar refractivity (Wildman–Crippen MR) is 86.4 cm³/mol. The van der Waals surface area contributed by atoms with Crippen LogP contribution in [0.3, 0.4) is 0 Å². The van der Waals surface area contributed by atoms with Gasteiger partial charge in [0.2, 0.25) is 0 Å². The largest absolute Gasteiger partial charge is 0.491 e.